The number of nitrogens with zero attached hydrogens (tertiary/aromatic N) is 2. The Morgan fingerprint density at radius 2 is 1.65 bits per heavy atom. The molecule has 8 heteroatoms. The minimum atomic E-state index is -4.08. The second kappa shape index (κ2) is 8.72. The molecule has 0 saturated heterocycles. The number of halogens is 1. The smallest absolute Gasteiger partial charge is 0.264 e. The van der Waals surface area contributed by atoms with Crippen LogP contribution in [-0.4, -0.2) is 25.9 Å². The summed E-state index contributed by atoms with van der Waals surface area (Å²) < 4.78 is 41.2. The Bertz CT molecular complexity index is 1470. The van der Waals surface area contributed by atoms with E-state index < -0.39 is 20.7 Å². The zero-order valence-corrected chi connectivity index (χ0v) is 18.8. The highest BCUT2D eigenvalue weighted by molar-refractivity contribution is 7.92. The average Bonchev–Trinajstić information content (AvgIpc) is 3.28. The van der Waals surface area contributed by atoms with Gasteiger partial charge in [-0.3, -0.25) is 14.5 Å². The summed E-state index contributed by atoms with van der Waals surface area (Å²) in [5.41, 5.74) is 4.77. The van der Waals surface area contributed by atoms with Gasteiger partial charge in [-0.1, -0.05) is 18.2 Å². The van der Waals surface area contributed by atoms with E-state index in [1.807, 2.05) is 24.3 Å². The molecule has 1 aliphatic heterocycles. The molecule has 3 aromatic carbocycles. The third kappa shape index (κ3) is 4.15. The van der Waals surface area contributed by atoms with E-state index in [2.05, 4.69) is 15.8 Å². The number of benzene rings is 3. The van der Waals surface area contributed by atoms with Gasteiger partial charge in [0.25, 0.3) is 15.9 Å². The maximum absolute atomic E-state index is 13.9. The summed E-state index contributed by atoms with van der Waals surface area (Å²) in [4.78, 5) is 18.5. The largest absolute Gasteiger partial charge is 0.308 e. The van der Waals surface area contributed by atoms with Crippen LogP contribution in [0.3, 0.4) is 0 Å². The molecule has 4 aromatic rings. The van der Waals surface area contributed by atoms with E-state index in [1.165, 1.54) is 30.3 Å². The summed E-state index contributed by atoms with van der Waals surface area (Å²) in [6, 6.07) is 21.2. The molecule has 2 heterocycles. The number of aromatic nitrogens is 1. The average molecular weight is 474 g/mol. The lowest BCUT2D eigenvalue weighted by Crippen LogP contribution is -2.28. The molecule has 1 amide bonds. The number of anilines is 2. The molecule has 6 nitrogen and oxygen atoms in total. The maximum Gasteiger partial charge on any atom is 0.264 e. The van der Waals surface area contributed by atoms with E-state index in [9.17, 15) is 17.6 Å². The number of rotatable bonds is 5. The summed E-state index contributed by atoms with van der Waals surface area (Å²) in [5.74, 6) is -1.000. The van der Waals surface area contributed by atoms with E-state index in [0.717, 1.165) is 34.9 Å². The van der Waals surface area contributed by atoms with E-state index in [-0.39, 0.29) is 11.6 Å². The van der Waals surface area contributed by atoms with Crippen LogP contribution in [0.1, 0.15) is 15.9 Å². The van der Waals surface area contributed by atoms with Crippen molar-refractivity contribution in [2.45, 2.75) is 11.3 Å². The van der Waals surface area contributed by atoms with Gasteiger partial charge >= 0.3 is 0 Å². The van der Waals surface area contributed by atoms with Crippen molar-refractivity contribution in [3.8, 4) is 11.1 Å². The van der Waals surface area contributed by atoms with Gasteiger partial charge in [-0.25, -0.2) is 12.8 Å². The molecule has 34 heavy (non-hydrogen) atoms. The Morgan fingerprint density at radius 3 is 2.38 bits per heavy atom. The van der Waals surface area contributed by atoms with Crippen molar-refractivity contribution in [1.29, 1.82) is 0 Å². The van der Waals surface area contributed by atoms with Crippen LogP contribution in [0.4, 0.5) is 15.8 Å². The van der Waals surface area contributed by atoms with Gasteiger partial charge in [-0.15, -0.1) is 0 Å². The van der Waals surface area contributed by atoms with Gasteiger partial charge in [0.2, 0.25) is 0 Å². The third-order valence-corrected chi connectivity index (χ3v) is 7.16. The first kappa shape index (κ1) is 21.8. The number of hydrogen-bond donors (Lipinski definition) is 1. The lowest BCUT2D eigenvalue weighted by atomic mass is 10.0. The fourth-order valence-electron chi connectivity index (χ4n) is 4.05. The van der Waals surface area contributed by atoms with Crippen LogP contribution in [0.2, 0.25) is 0 Å². The fraction of sp³-hybridized carbons (Fsp3) is 0.0769. The van der Waals surface area contributed by atoms with Crippen molar-refractivity contribution < 1.29 is 17.6 Å². The summed E-state index contributed by atoms with van der Waals surface area (Å²) >= 11 is 0. The van der Waals surface area contributed by atoms with Crippen molar-refractivity contribution >= 4 is 27.3 Å². The molecule has 1 aliphatic rings. The molecule has 1 N–H and O–H groups in total. The van der Waals surface area contributed by atoms with Gasteiger partial charge < -0.3 is 4.90 Å². The molecule has 0 atom stereocenters. The topological polar surface area (TPSA) is 79.4 Å². The number of hydrogen-bond acceptors (Lipinski definition) is 4. The van der Waals surface area contributed by atoms with Crippen LogP contribution in [0, 0.1) is 5.82 Å². The maximum atomic E-state index is 13.9. The first-order valence-electron chi connectivity index (χ1n) is 10.6. The van der Waals surface area contributed by atoms with Crippen molar-refractivity contribution in [1.82, 2.24) is 4.98 Å². The molecule has 0 unspecified atom stereocenters. The van der Waals surface area contributed by atoms with Crippen molar-refractivity contribution in [2.24, 2.45) is 0 Å². The molecule has 0 saturated carbocycles. The third-order valence-electron chi connectivity index (χ3n) is 5.74. The van der Waals surface area contributed by atoms with E-state index in [1.54, 1.807) is 29.4 Å². The minimum Gasteiger partial charge on any atom is -0.308 e. The van der Waals surface area contributed by atoms with E-state index in [0.29, 0.717) is 12.1 Å². The number of carbonyl (C=O) groups is 1. The number of amides is 1. The highest BCUT2D eigenvalue weighted by Crippen LogP contribution is 2.33. The second-order valence-corrected chi connectivity index (χ2v) is 9.55. The van der Waals surface area contributed by atoms with Crippen molar-refractivity contribution in [2.75, 3.05) is 16.2 Å². The number of nitrogens with one attached hydrogen (secondary N) is 1. The molecule has 0 bridgehead atoms. The summed E-state index contributed by atoms with van der Waals surface area (Å²) in [5, 5.41) is 0. The monoisotopic (exact) mass is 473 g/mol. The van der Waals surface area contributed by atoms with Gasteiger partial charge in [0.05, 0.1) is 0 Å². The lowest BCUT2D eigenvalue weighted by molar-refractivity contribution is 0.0989. The zero-order chi connectivity index (χ0) is 23.7. The van der Waals surface area contributed by atoms with Crippen molar-refractivity contribution in [3.05, 3.63) is 108 Å². The molecule has 170 valence electrons. The molecule has 5 rings (SSSR count). The van der Waals surface area contributed by atoms with Gasteiger partial charge in [0.15, 0.2) is 0 Å². The Labute approximate surface area is 196 Å². The first-order chi connectivity index (χ1) is 16.4. The van der Waals surface area contributed by atoms with E-state index >= 15 is 0 Å². The Balaban J connectivity index is 1.33. The van der Waals surface area contributed by atoms with Gasteiger partial charge in [-0.05, 0) is 83.8 Å². The van der Waals surface area contributed by atoms with Crippen LogP contribution in [0.25, 0.3) is 11.1 Å². The minimum absolute atomic E-state index is 0.168. The number of pyridine rings is 1. The van der Waals surface area contributed by atoms with Crippen LogP contribution in [-0.2, 0) is 16.4 Å². The Hall–Kier alpha value is -4.04. The standard InChI is InChI=1S/C26H20FN3O3S/c27-23-3-1-2-4-25(23)34(32,33)29-22-8-5-19(6-9-22)26(31)30-16-13-21-17-20(7-10-24(21)30)18-11-14-28-15-12-18/h1-12,14-15,17,29H,13,16H2. The quantitative estimate of drug-likeness (QED) is 0.448. The number of fused-ring (bicyclic) bond motifs is 1. The highest BCUT2D eigenvalue weighted by atomic mass is 32.2. The van der Waals surface area contributed by atoms with Crippen molar-refractivity contribution in [3.63, 3.8) is 0 Å². The predicted molar refractivity (Wildman–Crippen MR) is 129 cm³/mol. The first-order valence-corrected chi connectivity index (χ1v) is 12.1. The number of sulfonamides is 1. The second-order valence-electron chi connectivity index (χ2n) is 7.90. The Kier molecular flexibility index (Phi) is 5.59. The Morgan fingerprint density at radius 1 is 0.912 bits per heavy atom. The zero-order valence-electron chi connectivity index (χ0n) is 18.0. The molecule has 0 aliphatic carbocycles. The van der Waals surface area contributed by atoms with E-state index in [4.69, 9.17) is 0 Å². The highest BCUT2D eigenvalue weighted by Gasteiger charge is 2.26. The fourth-order valence-corrected chi connectivity index (χ4v) is 5.18. The van der Waals surface area contributed by atoms with Crippen LogP contribution in [0.5, 0.6) is 0 Å². The summed E-state index contributed by atoms with van der Waals surface area (Å²) in [6.45, 7) is 0.565. The van der Waals surface area contributed by atoms with Gasteiger partial charge in [0.1, 0.15) is 10.7 Å². The van der Waals surface area contributed by atoms with Crippen LogP contribution < -0.4 is 9.62 Å². The normalized spacial score (nSPS) is 12.9. The lowest BCUT2D eigenvalue weighted by Gasteiger charge is -2.18. The molecule has 0 fully saturated rings. The van der Waals surface area contributed by atoms with Crippen LogP contribution in [0.15, 0.2) is 96.2 Å². The molecule has 1 aromatic heterocycles. The van der Waals surface area contributed by atoms with Gasteiger partial charge in [-0.2, -0.15) is 0 Å². The predicted octanol–water partition coefficient (Wildman–Crippen LogP) is 4.89. The molecular formula is C26H20FN3O3S. The number of carbonyl (C=O) groups excluding carboxylic acids is 1. The van der Waals surface area contributed by atoms with Crippen LogP contribution >= 0.6 is 0 Å². The SMILES string of the molecule is O=C(c1ccc(NS(=O)(=O)c2ccccc2F)cc1)N1CCc2cc(-c3ccncc3)ccc21. The molecule has 0 spiro atoms. The molecule has 0 radical (unpaired) electrons. The summed E-state index contributed by atoms with van der Waals surface area (Å²) in [6.07, 6.45) is 4.25. The summed E-state index contributed by atoms with van der Waals surface area (Å²) in [7, 11) is -4.08. The molecular weight excluding hydrogens is 453 g/mol. The van der Waals surface area contributed by atoms with Gasteiger partial charge in [0, 0.05) is 35.9 Å².